The molecule has 1 aromatic carbocycles. The van der Waals surface area contributed by atoms with E-state index in [2.05, 4.69) is 6.58 Å². The first-order chi connectivity index (χ1) is 6.24. The first-order valence-corrected chi connectivity index (χ1v) is 4.58. The molecule has 0 radical (unpaired) electrons. The first-order valence-electron chi connectivity index (χ1n) is 4.58. The fraction of sp³-hybridized carbons (Fsp3) is 0.333. The summed E-state index contributed by atoms with van der Waals surface area (Å²) >= 11 is 0. The van der Waals surface area contributed by atoms with Crippen molar-refractivity contribution in [2.24, 2.45) is 5.92 Å². The van der Waals surface area contributed by atoms with Gasteiger partial charge in [-0.1, -0.05) is 43.3 Å². The van der Waals surface area contributed by atoms with Crippen LogP contribution in [0.4, 0.5) is 0 Å². The van der Waals surface area contributed by atoms with E-state index in [1.807, 2.05) is 37.3 Å². The third-order valence-corrected chi connectivity index (χ3v) is 2.27. The largest absolute Gasteiger partial charge is 0.392 e. The summed E-state index contributed by atoms with van der Waals surface area (Å²) in [6.45, 7) is 5.64. The number of aliphatic hydroxyl groups is 1. The number of aliphatic hydroxyl groups excluding tert-OH is 1. The number of rotatable bonds is 4. The van der Waals surface area contributed by atoms with Gasteiger partial charge in [-0.2, -0.15) is 0 Å². The summed E-state index contributed by atoms with van der Waals surface area (Å²) in [5.74, 6) is 0.153. The maximum absolute atomic E-state index is 9.70. The van der Waals surface area contributed by atoms with Crippen molar-refractivity contribution in [3.63, 3.8) is 0 Å². The van der Waals surface area contributed by atoms with Crippen LogP contribution in [0.25, 0.3) is 0 Å². The summed E-state index contributed by atoms with van der Waals surface area (Å²) in [7, 11) is 0. The molecule has 0 unspecified atom stereocenters. The molecule has 1 aromatic rings. The molecular formula is C12H16O. The summed E-state index contributed by atoms with van der Waals surface area (Å²) in [6.07, 6.45) is 2.17. The van der Waals surface area contributed by atoms with Gasteiger partial charge in [0.1, 0.15) is 0 Å². The number of hydrogen-bond donors (Lipinski definition) is 1. The van der Waals surface area contributed by atoms with Gasteiger partial charge in [0.15, 0.2) is 0 Å². The average Bonchev–Trinajstić information content (AvgIpc) is 2.18. The third-order valence-electron chi connectivity index (χ3n) is 2.27. The lowest BCUT2D eigenvalue weighted by atomic mass is 9.98. The van der Waals surface area contributed by atoms with Gasteiger partial charge in [-0.15, -0.1) is 6.58 Å². The van der Waals surface area contributed by atoms with Crippen LogP contribution in [-0.2, 0) is 6.42 Å². The summed E-state index contributed by atoms with van der Waals surface area (Å²) < 4.78 is 0. The van der Waals surface area contributed by atoms with Crippen molar-refractivity contribution in [1.29, 1.82) is 0 Å². The van der Waals surface area contributed by atoms with Gasteiger partial charge in [-0.05, 0) is 17.9 Å². The molecule has 1 rings (SSSR count). The summed E-state index contributed by atoms with van der Waals surface area (Å²) in [6, 6.07) is 10.0. The zero-order chi connectivity index (χ0) is 9.68. The Balaban J connectivity index is 2.54. The van der Waals surface area contributed by atoms with Gasteiger partial charge in [0.2, 0.25) is 0 Å². The number of benzene rings is 1. The van der Waals surface area contributed by atoms with E-state index in [4.69, 9.17) is 0 Å². The Bertz CT molecular complexity index is 253. The van der Waals surface area contributed by atoms with Crippen molar-refractivity contribution >= 4 is 0 Å². The first kappa shape index (κ1) is 10.0. The molecule has 0 aliphatic carbocycles. The summed E-state index contributed by atoms with van der Waals surface area (Å²) in [5.41, 5.74) is 1.17. The predicted octanol–water partition coefficient (Wildman–Crippen LogP) is 2.41. The van der Waals surface area contributed by atoms with Crippen LogP contribution in [0, 0.1) is 5.92 Å². The van der Waals surface area contributed by atoms with E-state index in [-0.39, 0.29) is 12.0 Å². The molecule has 0 saturated carbocycles. The van der Waals surface area contributed by atoms with E-state index in [0.717, 1.165) is 0 Å². The lowest BCUT2D eigenvalue weighted by Gasteiger charge is -2.14. The molecule has 1 N–H and O–H groups in total. The zero-order valence-electron chi connectivity index (χ0n) is 7.98. The van der Waals surface area contributed by atoms with Crippen LogP contribution in [-0.4, -0.2) is 11.2 Å². The van der Waals surface area contributed by atoms with Crippen molar-refractivity contribution < 1.29 is 5.11 Å². The van der Waals surface area contributed by atoms with Crippen LogP contribution in [0.15, 0.2) is 43.0 Å². The molecule has 1 heteroatoms. The Hall–Kier alpha value is -1.08. The molecular weight excluding hydrogens is 160 g/mol. The molecule has 0 aromatic heterocycles. The van der Waals surface area contributed by atoms with Gasteiger partial charge in [0, 0.05) is 0 Å². The minimum absolute atomic E-state index is 0.153. The van der Waals surface area contributed by atoms with Crippen molar-refractivity contribution in [1.82, 2.24) is 0 Å². The van der Waals surface area contributed by atoms with Gasteiger partial charge < -0.3 is 5.11 Å². The quantitative estimate of drug-likeness (QED) is 0.698. The minimum atomic E-state index is -0.320. The van der Waals surface area contributed by atoms with E-state index in [0.29, 0.717) is 6.42 Å². The van der Waals surface area contributed by atoms with Crippen LogP contribution in [0.2, 0.25) is 0 Å². The molecule has 0 heterocycles. The van der Waals surface area contributed by atoms with Crippen molar-refractivity contribution in [3.05, 3.63) is 48.6 Å². The van der Waals surface area contributed by atoms with E-state index in [1.165, 1.54) is 5.56 Å². The maximum atomic E-state index is 9.70. The second kappa shape index (κ2) is 4.83. The highest BCUT2D eigenvalue weighted by molar-refractivity contribution is 5.15. The van der Waals surface area contributed by atoms with E-state index in [1.54, 1.807) is 6.08 Å². The van der Waals surface area contributed by atoms with Crippen molar-refractivity contribution in [2.45, 2.75) is 19.4 Å². The molecule has 0 spiro atoms. The van der Waals surface area contributed by atoms with Crippen molar-refractivity contribution in [3.8, 4) is 0 Å². The fourth-order valence-electron chi connectivity index (χ4n) is 1.20. The van der Waals surface area contributed by atoms with Gasteiger partial charge in [0.05, 0.1) is 6.10 Å². The Morgan fingerprint density at radius 2 is 2.00 bits per heavy atom. The average molecular weight is 176 g/mol. The van der Waals surface area contributed by atoms with Crippen molar-refractivity contribution in [2.75, 3.05) is 0 Å². The molecule has 1 nitrogen and oxygen atoms in total. The molecule has 0 amide bonds. The monoisotopic (exact) mass is 176 g/mol. The Morgan fingerprint density at radius 1 is 1.38 bits per heavy atom. The highest BCUT2D eigenvalue weighted by Gasteiger charge is 2.10. The van der Waals surface area contributed by atoms with Gasteiger partial charge in [0.25, 0.3) is 0 Å². The lowest BCUT2D eigenvalue weighted by Crippen LogP contribution is -2.18. The van der Waals surface area contributed by atoms with E-state index in [9.17, 15) is 5.11 Å². The van der Waals surface area contributed by atoms with Gasteiger partial charge >= 0.3 is 0 Å². The fourth-order valence-corrected chi connectivity index (χ4v) is 1.20. The van der Waals surface area contributed by atoms with Crippen LogP contribution in [0.3, 0.4) is 0 Å². The summed E-state index contributed by atoms with van der Waals surface area (Å²) in [5, 5.41) is 9.70. The standard InChI is InChI=1S/C12H16O/c1-3-10(2)12(13)9-11-7-5-4-6-8-11/h3-8,10,12-13H,1,9H2,2H3/t10-,12+/m0/s1. The van der Waals surface area contributed by atoms with Crippen LogP contribution in [0.5, 0.6) is 0 Å². The predicted molar refractivity (Wildman–Crippen MR) is 55.5 cm³/mol. The maximum Gasteiger partial charge on any atom is 0.0640 e. The van der Waals surface area contributed by atoms with Crippen LogP contribution in [0.1, 0.15) is 12.5 Å². The Morgan fingerprint density at radius 3 is 2.54 bits per heavy atom. The topological polar surface area (TPSA) is 20.2 Å². The molecule has 2 atom stereocenters. The molecule has 70 valence electrons. The third kappa shape index (κ3) is 3.03. The molecule has 0 fully saturated rings. The second-order valence-electron chi connectivity index (χ2n) is 3.35. The summed E-state index contributed by atoms with van der Waals surface area (Å²) in [4.78, 5) is 0. The smallest absolute Gasteiger partial charge is 0.0640 e. The zero-order valence-corrected chi connectivity index (χ0v) is 7.98. The molecule has 0 saturated heterocycles. The highest BCUT2D eigenvalue weighted by atomic mass is 16.3. The van der Waals surface area contributed by atoms with Gasteiger partial charge in [-0.3, -0.25) is 0 Å². The van der Waals surface area contributed by atoms with Gasteiger partial charge in [-0.25, -0.2) is 0 Å². The van der Waals surface area contributed by atoms with E-state index >= 15 is 0 Å². The highest BCUT2D eigenvalue weighted by Crippen LogP contribution is 2.10. The Kier molecular flexibility index (Phi) is 3.71. The minimum Gasteiger partial charge on any atom is -0.392 e. The van der Waals surface area contributed by atoms with Crippen LogP contribution < -0.4 is 0 Å². The van der Waals surface area contributed by atoms with E-state index < -0.39 is 0 Å². The molecule has 0 aliphatic rings. The van der Waals surface area contributed by atoms with Crippen LogP contribution >= 0.6 is 0 Å². The molecule has 0 aliphatic heterocycles. The molecule has 0 bridgehead atoms. The second-order valence-corrected chi connectivity index (χ2v) is 3.35. The Labute approximate surface area is 79.7 Å². The molecule has 13 heavy (non-hydrogen) atoms. The SMILES string of the molecule is C=C[C@H](C)[C@H](O)Cc1ccccc1. The number of hydrogen-bond acceptors (Lipinski definition) is 1. The lowest BCUT2D eigenvalue weighted by molar-refractivity contribution is 0.138. The normalized spacial score (nSPS) is 14.9.